The number of aliphatic hydroxyl groups excluding tert-OH is 2. The van der Waals surface area contributed by atoms with E-state index in [0.29, 0.717) is 23.7 Å². The maximum atomic E-state index is 12.3. The maximum Gasteiger partial charge on any atom is 0.335 e. The number of rotatable bonds is 19. The summed E-state index contributed by atoms with van der Waals surface area (Å²) in [7, 11) is 0. The van der Waals surface area contributed by atoms with Crippen LogP contribution >= 0.6 is 0 Å². The van der Waals surface area contributed by atoms with Gasteiger partial charge in [-0.3, -0.25) is 0 Å². The molecule has 6 heteroatoms. The quantitative estimate of drug-likeness (QED) is 0.0961. The van der Waals surface area contributed by atoms with E-state index >= 15 is 0 Å². The molecule has 41 heavy (non-hydrogen) atoms. The van der Waals surface area contributed by atoms with Gasteiger partial charge in [0.05, 0.1) is 24.4 Å². The average Bonchev–Trinajstić information content (AvgIpc) is 3.01. The fraction of sp³-hybridized carbons (Fsp3) is 0.714. The van der Waals surface area contributed by atoms with Crippen LogP contribution in [0.25, 0.3) is 0 Å². The largest absolute Gasteiger partial charge is 0.462 e. The molecule has 6 nitrogen and oxygen atoms in total. The first-order valence-corrected chi connectivity index (χ1v) is 16.0. The monoisotopic (exact) mass is 572 g/mol. The molecular weight excluding hydrogens is 516 g/mol. The minimum absolute atomic E-state index is 0.00281. The van der Waals surface area contributed by atoms with Crippen molar-refractivity contribution >= 4 is 11.9 Å². The van der Waals surface area contributed by atoms with E-state index in [0.717, 1.165) is 38.5 Å². The summed E-state index contributed by atoms with van der Waals surface area (Å²) in [6.07, 6.45) is 21.9. The number of unbranched alkanes of at least 4 members (excludes halogenated alkanes) is 2. The first-order chi connectivity index (χ1) is 19.7. The zero-order valence-corrected chi connectivity index (χ0v) is 26.0. The number of allylic oxidation sites excluding steroid dienone is 4. The molecule has 1 fully saturated rings. The molecule has 0 spiro atoms. The van der Waals surface area contributed by atoms with Crippen LogP contribution in [0.4, 0.5) is 0 Å². The van der Waals surface area contributed by atoms with E-state index in [1.54, 1.807) is 0 Å². The Morgan fingerprint density at radius 2 is 1.46 bits per heavy atom. The van der Waals surface area contributed by atoms with Crippen LogP contribution < -0.4 is 0 Å². The van der Waals surface area contributed by atoms with Crippen molar-refractivity contribution in [2.75, 3.05) is 26.4 Å². The average molecular weight is 573 g/mol. The van der Waals surface area contributed by atoms with Crippen molar-refractivity contribution in [1.82, 2.24) is 0 Å². The highest BCUT2D eigenvalue weighted by Gasteiger charge is 2.35. The number of esters is 2. The lowest BCUT2D eigenvalue weighted by Gasteiger charge is -2.36. The zero-order chi connectivity index (χ0) is 30.3. The van der Waals surface area contributed by atoms with E-state index in [9.17, 15) is 19.8 Å². The number of hydrogen-bond donors (Lipinski definition) is 2. The Morgan fingerprint density at radius 1 is 0.854 bits per heavy atom. The number of carbonyl (C=O) groups is 2. The van der Waals surface area contributed by atoms with E-state index in [1.807, 2.05) is 0 Å². The van der Waals surface area contributed by atoms with Crippen LogP contribution in [-0.4, -0.2) is 48.6 Å². The molecule has 2 aliphatic rings. The van der Waals surface area contributed by atoms with E-state index in [4.69, 9.17) is 9.47 Å². The van der Waals surface area contributed by atoms with Gasteiger partial charge in [0.1, 0.15) is 13.2 Å². The Morgan fingerprint density at radius 3 is 1.98 bits per heavy atom. The predicted octanol–water partition coefficient (Wildman–Crippen LogP) is 7.26. The Kier molecular flexibility index (Phi) is 15.7. The molecule has 2 aliphatic carbocycles. The molecule has 0 aromatic heterocycles. The van der Waals surface area contributed by atoms with Gasteiger partial charge in [-0.05, 0) is 87.0 Å². The molecule has 0 aliphatic heterocycles. The van der Waals surface area contributed by atoms with Crippen molar-refractivity contribution in [3.8, 4) is 0 Å². The van der Waals surface area contributed by atoms with Crippen LogP contribution in [0.2, 0.25) is 0 Å². The van der Waals surface area contributed by atoms with Crippen LogP contribution in [0.15, 0.2) is 48.1 Å². The molecule has 0 bridgehead atoms. The fourth-order valence-electron chi connectivity index (χ4n) is 6.49. The summed E-state index contributed by atoms with van der Waals surface area (Å²) in [4.78, 5) is 24.6. The minimum atomic E-state index is -0.633. The lowest BCUT2D eigenvalue weighted by molar-refractivity contribution is -0.151. The highest BCUT2D eigenvalue weighted by atomic mass is 16.5. The summed E-state index contributed by atoms with van der Waals surface area (Å²) >= 11 is 0. The maximum absolute atomic E-state index is 12.3. The molecule has 2 N–H and O–H groups in total. The Balaban J connectivity index is 2.00. The second-order valence-electron chi connectivity index (χ2n) is 12.4. The summed E-state index contributed by atoms with van der Waals surface area (Å²) < 4.78 is 11.1. The van der Waals surface area contributed by atoms with Crippen molar-refractivity contribution < 1.29 is 29.3 Å². The van der Waals surface area contributed by atoms with Gasteiger partial charge in [0.2, 0.25) is 0 Å². The van der Waals surface area contributed by atoms with Gasteiger partial charge in [-0.1, -0.05) is 77.8 Å². The molecule has 0 amide bonds. The minimum Gasteiger partial charge on any atom is -0.462 e. The van der Waals surface area contributed by atoms with Gasteiger partial charge < -0.3 is 19.7 Å². The van der Waals surface area contributed by atoms with Gasteiger partial charge in [0.25, 0.3) is 0 Å². The normalized spacial score (nSPS) is 22.6. The Labute approximate surface area is 249 Å². The number of aliphatic hydroxyl groups is 2. The second kappa shape index (κ2) is 18.4. The number of hydrogen-bond acceptors (Lipinski definition) is 6. The van der Waals surface area contributed by atoms with Crippen LogP contribution in [0, 0.1) is 29.1 Å². The molecule has 2 rings (SSSR count). The van der Waals surface area contributed by atoms with Crippen LogP contribution in [0.3, 0.4) is 0 Å². The molecule has 0 aromatic carbocycles. The molecule has 232 valence electrons. The van der Waals surface area contributed by atoms with E-state index in [2.05, 4.69) is 52.2 Å². The van der Waals surface area contributed by atoms with E-state index < -0.39 is 30.6 Å². The number of ether oxygens (including phenoxy) is 2. The fourth-order valence-corrected chi connectivity index (χ4v) is 6.49. The van der Waals surface area contributed by atoms with Crippen molar-refractivity contribution in [1.29, 1.82) is 0 Å². The van der Waals surface area contributed by atoms with E-state index in [-0.39, 0.29) is 24.4 Å². The van der Waals surface area contributed by atoms with Crippen molar-refractivity contribution in [3.63, 3.8) is 0 Å². The highest BCUT2D eigenvalue weighted by Crippen LogP contribution is 2.42. The summed E-state index contributed by atoms with van der Waals surface area (Å²) in [6.45, 7) is 13.0. The van der Waals surface area contributed by atoms with Gasteiger partial charge in [-0.2, -0.15) is 0 Å². The van der Waals surface area contributed by atoms with Gasteiger partial charge >= 0.3 is 11.9 Å². The van der Waals surface area contributed by atoms with Gasteiger partial charge in [-0.25, -0.2) is 9.59 Å². The third-order valence-electron chi connectivity index (χ3n) is 9.26. The van der Waals surface area contributed by atoms with Crippen molar-refractivity contribution in [2.24, 2.45) is 29.1 Å². The number of carbonyl (C=O) groups excluding carboxylic acids is 2. The molecule has 0 aromatic rings. The zero-order valence-electron chi connectivity index (χ0n) is 26.0. The third-order valence-corrected chi connectivity index (χ3v) is 9.26. The first kappa shape index (κ1) is 35.0. The van der Waals surface area contributed by atoms with Crippen LogP contribution in [0.1, 0.15) is 104 Å². The predicted molar refractivity (Wildman–Crippen MR) is 165 cm³/mol. The molecule has 0 saturated heterocycles. The molecular formula is C35H56O6. The highest BCUT2D eigenvalue weighted by molar-refractivity contribution is 5.88. The molecule has 0 radical (unpaired) electrons. The van der Waals surface area contributed by atoms with Crippen LogP contribution in [0.5, 0.6) is 0 Å². The van der Waals surface area contributed by atoms with Crippen molar-refractivity contribution in [2.45, 2.75) is 104 Å². The Hall–Kier alpha value is -2.18. The van der Waals surface area contributed by atoms with E-state index in [1.165, 1.54) is 50.5 Å². The smallest absolute Gasteiger partial charge is 0.335 e. The molecule has 1 saturated carbocycles. The first-order valence-electron chi connectivity index (χ1n) is 16.0. The van der Waals surface area contributed by atoms with Gasteiger partial charge in [0, 0.05) is 5.41 Å². The van der Waals surface area contributed by atoms with Gasteiger partial charge in [0.15, 0.2) is 0 Å². The SMILES string of the molecule is C=C(CO)C(=O)OCC(CCC)(CCC1CCC(C2=CC(CC)C(CCCCC)C=C2)CC1)COC(=O)C(=C)CO. The summed E-state index contributed by atoms with van der Waals surface area (Å²) in [5.74, 6) is 1.28. The molecule has 2 atom stereocenters. The summed E-state index contributed by atoms with van der Waals surface area (Å²) in [5.41, 5.74) is 0.999. The lowest BCUT2D eigenvalue weighted by atomic mass is 9.71. The molecule has 2 unspecified atom stereocenters. The topological polar surface area (TPSA) is 93.1 Å². The third kappa shape index (κ3) is 11.2. The lowest BCUT2D eigenvalue weighted by Crippen LogP contribution is -2.36. The summed E-state index contributed by atoms with van der Waals surface area (Å²) in [6, 6.07) is 0. The second-order valence-corrected chi connectivity index (χ2v) is 12.4. The standard InChI is InChI=1S/C35H56O6/c1-6-9-10-11-30-16-17-32(21-29(30)8-3)31-14-12-28(13-15-31)18-20-35(19-7-2,24-40-33(38)26(4)22-36)25-41-34(39)27(5)23-37/h16-17,21,28-31,36-37H,4-15,18-20,22-25H2,1-3H3. The molecule has 0 heterocycles. The van der Waals surface area contributed by atoms with Gasteiger partial charge in [-0.15, -0.1) is 0 Å². The Bertz CT molecular complexity index is 876. The summed E-state index contributed by atoms with van der Waals surface area (Å²) in [5, 5.41) is 18.5. The van der Waals surface area contributed by atoms with Crippen LogP contribution in [-0.2, 0) is 19.1 Å². The van der Waals surface area contributed by atoms with Crippen molar-refractivity contribution in [3.05, 3.63) is 48.1 Å².